The van der Waals surface area contributed by atoms with Gasteiger partial charge in [0.1, 0.15) is 6.23 Å². The van der Waals surface area contributed by atoms with Gasteiger partial charge in [0, 0.05) is 31.3 Å². The van der Waals surface area contributed by atoms with Crippen molar-refractivity contribution >= 4 is 9.84 Å². The molecule has 1 unspecified atom stereocenters. The minimum atomic E-state index is -2.91. The van der Waals surface area contributed by atoms with Crippen LogP contribution in [0.2, 0.25) is 0 Å². The summed E-state index contributed by atoms with van der Waals surface area (Å²) in [5.74, 6) is 0.590. The zero-order chi connectivity index (χ0) is 18.2. The van der Waals surface area contributed by atoms with Crippen LogP contribution in [0.5, 0.6) is 0 Å². The molecule has 1 saturated carbocycles. The Kier molecular flexibility index (Phi) is 4.03. The second kappa shape index (κ2) is 5.87. The average Bonchev–Trinajstić information content (AvgIpc) is 2.83. The van der Waals surface area contributed by atoms with Gasteiger partial charge in [0.15, 0.2) is 21.7 Å². The van der Waals surface area contributed by atoms with Gasteiger partial charge in [-0.1, -0.05) is 13.3 Å². The number of fused-ring (bicyclic) bond motifs is 2. The molecule has 5 heterocycles. The lowest BCUT2D eigenvalue weighted by Gasteiger charge is -2.60. The molecule has 6 aliphatic rings. The quantitative estimate of drug-likeness (QED) is 0.634. The maximum absolute atomic E-state index is 11.8. The van der Waals surface area contributed by atoms with Crippen LogP contribution in [-0.2, 0) is 29.1 Å². The van der Waals surface area contributed by atoms with Crippen LogP contribution >= 0.6 is 0 Å². The Hall–Kier alpha value is -0.250. The second-order valence-corrected chi connectivity index (χ2v) is 11.3. The summed E-state index contributed by atoms with van der Waals surface area (Å²) < 4.78 is 36.5. The Morgan fingerprint density at radius 3 is 2.62 bits per heavy atom. The van der Waals surface area contributed by atoms with Crippen molar-refractivity contribution in [2.45, 2.75) is 69.9 Å². The van der Waals surface area contributed by atoms with E-state index < -0.39 is 27.5 Å². The van der Waals surface area contributed by atoms with Gasteiger partial charge >= 0.3 is 0 Å². The third kappa shape index (κ3) is 2.53. The highest BCUT2D eigenvalue weighted by Gasteiger charge is 2.68. The van der Waals surface area contributed by atoms with Crippen molar-refractivity contribution in [1.82, 2.24) is 4.90 Å². The van der Waals surface area contributed by atoms with Crippen LogP contribution in [0.4, 0.5) is 0 Å². The van der Waals surface area contributed by atoms with Crippen molar-refractivity contribution in [3.8, 4) is 0 Å². The molecule has 26 heavy (non-hydrogen) atoms. The first-order chi connectivity index (χ1) is 12.3. The zero-order valence-electron chi connectivity index (χ0n) is 15.6. The van der Waals surface area contributed by atoms with Gasteiger partial charge < -0.3 is 9.47 Å². The number of hydrogen-bond donors (Lipinski definition) is 0. The molecule has 0 N–H and O–H groups in total. The summed E-state index contributed by atoms with van der Waals surface area (Å²) in [7, 11) is -2.91. The van der Waals surface area contributed by atoms with E-state index in [1.165, 1.54) is 6.42 Å². The van der Waals surface area contributed by atoms with Crippen LogP contribution in [0.25, 0.3) is 0 Å². The fourth-order valence-corrected chi connectivity index (χ4v) is 7.17. The van der Waals surface area contributed by atoms with Gasteiger partial charge in [-0.3, -0.25) is 4.90 Å². The lowest BCUT2D eigenvalue weighted by atomic mass is 9.61. The Balaban J connectivity index is 1.47. The van der Waals surface area contributed by atoms with Crippen LogP contribution in [0.15, 0.2) is 0 Å². The molecule has 0 aromatic heterocycles. The maximum Gasteiger partial charge on any atom is 0.201 e. The predicted octanol–water partition coefficient (Wildman–Crippen LogP) is 1.68. The fraction of sp³-hybridized carbons (Fsp3) is 1.00. The Morgan fingerprint density at radius 2 is 1.85 bits per heavy atom. The monoisotopic (exact) mass is 387 g/mol. The highest BCUT2D eigenvalue weighted by Crippen LogP contribution is 2.59. The molecule has 148 valence electrons. The molecule has 7 atom stereocenters. The summed E-state index contributed by atoms with van der Waals surface area (Å²) >= 11 is 0. The minimum Gasteiger partial charge on any atom is -0.331 e. The van der Waals surface area contributed by atoms with Gasteiger partial charge in [-0.05, 0) is 32.1 Å². The summed E-state index contributed by atoms with van der Waals surface area (Å²) in [5, 5.41) is 0. The van der Waals surface area contributed by atoms with Gasteiger partial charge in [0.05, 0.1) is 11.5 Å². The van der Waals surface area contributed by atoms with E-state index >= 15 is 0 Å². The normalized spacial score (nSPS) is 53.7. The first-order valence-corrected chi connectivity index (χ1v) is 11.8. The number of nitrogens with zero attached hydrogens (tertiary/aromatic N) is 1. The molecule has 6 fully saturated rings. The SMILES string of the molecule is C[C@H]1[C@H](N2CCS(=O)(=O)CC2)O[C@@H]2OC3(C)CC[C@H]4CCC[C@@H]1[C@]42OO3. The van der Waals surface area contributed by atoms with Crippen LogP contribution in [0.1, 0.15) is 46.0 Å². The average molecular weight is 387 g/mol. The second-order valence-electron chi connectivity index (χ2n) is 8.95. The molecule has 2 bridgehead atoms. The van der Waals surface area contributed by atoms with Crippen molar-refractivity contribution < 1.29 is 27.7 Å². The molecule has 8 heteroatoms. The Labute approximate surface area is 155 Å². The van der Waals surface area contributed by atoms with Crippen molar-refractivity contribution in [1.29, 1.82) is 0 Å². The van der Waals surface area contributed by atoms with Gasteiger partial charge in [0.2, 0.25) is 5.79 Å². The number of ether oxygens (including phenoxy) is 2. The van der Waals surface area contributed by atoms with Gasteiger partial charge in [-0.15, -0.1) is 0 Å². The van der Waals surface area contributed by atoms with Gasteiger partial charge in [0.25, 0.3) is 0 Å². The molecular weight excluding hydrogens is 358 g/mol. The third-order valence-corrected chi connectivity index (χ3v) is 9.01. The van der Waals surface area contributed by atoms with E-state index in [9.17, 15) is 8.42 Å². The summed E-state index contributed by atoms with van der Waals surface area (Å²) in [5.41, 5.74) is -0.522. The molecule has 0 amide bonds. The van der Waals surface area contributed by atoms with E-state index in [1.54, 1.807) is 0 Å². The molecule has 0 aromatic carbocycles. The largest absolute Gasteiger partial charge is 0.331 e. The van der Waals surface area contributed by atoms with Crippen LogP contribution in [0.3, 0.4) is 0 Å². The zero-order valence-corrected chi connectivity index (χ0v) is 16.4. The fourth-order valence-electron chi connectivity index (χ4n) is 5.94. The van der Waals surface area contributed by atoms with E-state index in [0.717, 1.165) is 25.7 Å². The predicted molar refractivity (Wildman–Crippen MR) is 92.5 cm³/mol. The Bertz CT molecular complexity index is 671. The van der Waals surface area contributed by atoms with Gasteiger partial charge in [-0.2, -0.15) is 0 Å². The van der Waals surface area contributed by atoms with E-state index in [4.69, 9.17) is 19.2 Å². The molecule has 5 saturated heterocycles. The highest BCUT2D eigenvalue weighted by atomic mass is 32.2. The summed E-state index contributed by atoms with van der Waals surface area (Å²) in [4.78, 5) is 14.1. The molecular formula is C18H29NO6S. The number of rotatable bonds is 1. The molecule has 1 aliphatic carbocycles. The van der Waals surface area contributed by atoms with E-state index in [-0.39, 0.29) is 23.7 Å². The topological polar surface area (TPSA) is 74.3 Å². The first kappa shape index (κ1) is 17.8. The minimum absolute atomic E-state index is 0.128. The molecule has 7 nitrogen and oxygen atoms in total. The summed E-state index contributed by atoms with van der Waals surface area (Å²) in [6, 6.07) is 0. The van der Waals surface area contributed by atoms with E-state index in [1.807, 2.05) is 6.92 Å². The highest BCUT2D eigenvalue weighted by molar-refractivity contribution is 7.91. The molecule has 0 radical (unpaired) electrons. The number of hydrogen-bond acceptors (Lipinski definition) is 7. The standard InChI is InChI=1S/C18H29NO6S/c1-12-14-5-3-4-13-6-7-17(2)23-16(18(13,14)25-24-17)22-15(12)19-8-10-26(20,21)11-9-19/h12-16H,3-11H2,1-2H3/t12-,13-,14+,15-,16-,17?,18-/m1/s1. The molecule has 0 aromatic rings. The summed E-state index contributed by atoms with van der Waals surface area (Å²) in [6.45, 7) is 5.20. The van der Waals surface area contributed by atoms with Crippen molar-refractivity contribution in [2.75, 3.05) is 24.6 Å². The van der Waals surface area contributed by atoms with Gasteiger partial charge in [-0.25, -0.2) is 18.2 Å². The number of sulfone groups is 1. The van der Waals surface area contributed by atoms with Crippen molar-refractivity contribution in [2.24, 2.45) is 17.8 Å². The first-order valence-electron chi connectivity index (χ1n) is 9.98. The van der Waals surface area contributed by atoms with Crippen LogP contribution < -0.4 is 0 Å². The smallest absolute Gasteiger partial charge is 0.201 e. The molecule has 1 spiro atoms. The third-order valence-electron chi connectivity index (χ3n) is 7.41. The Morgan fingerprint density at radius 1 is 1.08 bits per heavy atom. The van der Waals surface area contributed by atoms with Crippen LogP contribution in [0, 0.1) is 17.8 Å². The lowest BCUT2D eigenvalue weighted by Crippen LogP contribution is -2.71. The van der Waals surface area contributed by atoms with E-state index in [0.29, 0.717) is 24.9 Å². The van der Waals surface area contributed by atoms with Crippen LogP contribution in [-0.4, -0.2) is 61.8 Å². The van der Waals surface area contributed by atoms with Crippen molar-refractivity contribution in [3.05, 3.63) is 0 Å². The van der Waals surface area contributed by atoms with Crippen molar-refractivity contribution in [3.63, 3.8) is 0 Å². The maximum atomic E-state index is 11.8. The van der Waals surface area contributed by atoms with E-state index in [2.05, 4.69) is 11.8 Å². The molecule has 6 rings (SSSR count). The summed E-state index contributed by atoms with van der Waals surface area (Å²) in [6.07, 6.45) is 4.66. The lowest BCUT2D eigenvalue weighted by molar-refractivity contribution is -0.572. The molecule has 5 aliphatic heterocycles.